The molecule has 0 radical (unpaired) electrons. The average Bonchev–Trinajstić information content (AvgIpc) is 2.47. The summed E-state index contributed by atoms with van der Waals surface area (Å²) in [7, 11) is 4.09. The number of aromatic amines is 2. The van der Waals surface area contributed by atoms with Gasteiger partial charge in [-0.1, -0.05) is 12.1 Å². The molecule has 0 bridgehead atoms. The van der Waals surface area contributed by atoms with Gasteiger partial charge in [-0.3, -0.25) is 9.59 Å². The van der Waals surface area contributed by atoms with Gasteiger partial charge in [-0.15, -0.1) is 0 Å². The molecule has 8 atom stereocenters. The number of rotatable bonds is 17. The number of ether oxygens (including phenoxy) is 3. The second-order valence-electron chi connectivity index (χ2n) is 22.1. The standard InChI is InChI=1S/C60H72F5N11O7/c1-8-72(9-2)59(79)70-52(32(3)81-5)57(77)74-22-10-12-50(74)55-66-44-28-38(40(62)30-46(44)68-55)48-18-19-49(76(48)37-26-42(64)54(43(65)27-37)73-24-20-35(21-25-73)34-14-16-36(61)17-15-34)39-29-45-47(31-41(39)63)69-56(67-45)51-13-11-23-75(51)58(78)53(33(4)82-6)71-60(80)83-7/h14-17,26-33,35,48-53H,8-13,18-25H2,1-7H3,(H,66,68)(H,67,69)(H,70,79)(H,71,80)/t32-,33-,48-,49-,50+,51+,52+,53+/m1/s1. The van der Waals surface area contributed by atoms with Crippen molar-refractivity contribution in [3.63, 3.8) is 0 Å². The molecule has 0 aliphatic carbocycles. The minimum Gasteiger partial charge on any atom is -0.453 e. The lowest BCUT2D eigenvalue weighted by molar-refractivity contribution is -0.138. The van der Waals surface area contributed by atoms with Crippen LogP contribution in [-0.4, -0.2) is 143 Å². The van der Waals surface area contributed by atoms with Crippen molar-refractivity contribution in [2.45, 2.75) is 133 Å². The van der Waals surface area contributed by atoms with Gasteiger partial charge < -0.3 is 59.3 Å². The van der Waals surface area contributed by atoms with Gasteiger partial charge in [0.2, 0.25) is 11.8 Å². The Morgan fingerprint density at radius 2 is 1.11 bits per heavy atom. The summed E-state index contributed by atoms with van der Waals surface area (Å²) >= 11 is 0. The summed E-state index contributed by atoms with van der Waals surface area (Å²) in [4.78, 5) is 78.4. The lowest BCUT2D eigenvalue weighted by Crippen LogP contribution is -2.56. The Balaban J connectivity index is 0.987. The number of H-pyrrole nitrogens is 2. The van der Waals surface area contributed by atoms with E-state index in [0.29, 0.717) is 100 Å². The summed E-state index contributed by atoms with van der Waals surface area (Å²) < 4.78 is 97.6. The lowest BCUT2D eigenvalue weighted by atomic mass is 9.89. The van der Waals surface area contributed by atoms with Crippen molar-refractivity contribution in [2.24, 2.45) is 0 Å². The van der Waals surface area contributed by atoms with Crippen LogP contribution in [0.2, 0.25) is 0 Å². The quantitative estimate of drug-likeness (QED) is 0.0635. The number of carbonyl (C=O) groups excluding carboxylic acids is 4. The van der Waals surface area contributed by atoms with Gasteiger partial charge in [0.05, 0.1) is 65.6 Å². The van der Waals surface area contributed by atoms with E-state index in [1.807, 2.05) is 13.8 Å². The highest BCUT2D eigenvalue weighted by molar-refractivity contribution is 5.89. The molecule has 5 amide bonds. The molecule has 6 heterocycles. The zero-order valence-corrected chi connectivity index (χ0v) is 47.7. The van der Waals surface area contributed by atoms with Gasteiger partial charge in [0, 0.05) is 82.4 Å². The van der Waals surface area contributed by atoms with E-state index in [4.69, 9.17) is 24.2 Å². The van der Waals surface area contributed by atoms with E-state index in [1.54, 1.807) is 62.6 Å². The molecule has 4 aliphatic heterocycles. The predicted octanol–water partition coefficient (Wildman–Crippen LogP) is 10.1. The van der Waals surface area contributed by atoms with Crippen LogP contribution in [0.25, 0.3) is 22.1 Å². The fourth-order valence-corrected chi connectivity index (χ4v) is 12.9. The molecular weight excluding hydrogens is 1080 g/mol. The number of amides is 5. The number of aromatic nitrogens is 4. The molecule has 444 valence electrons. The number of likely N-dealkylation sites (tertiary alicyclic amines) is 2. The first-order chi connectivity index (χ1) is 39.9. The van der Waals surface area contributed by atoms with E-state index in [2.05, 4.69) is 20.6 Å². The molecule has 10 rings (SSSR count). The van der Waals surface area contributed by atoms with Gasteiger partial charge in [-0.05, 0) is 127 Å². The molecule has 18 nitrogen and oxygen atoms in total. The number of anilines is 2. The van der Waals surface area contributed by atoms with Crippen LogP contribution in [0, 0.1) is 29.1 Å². The maximum atomic E-state index is 17.1. The van der Waals surface area contributed by atoms with Crippen molar-refractivity contribution < 1.29 is 55.3 Å². The number of piperidine rings is 1. The van der Waals surface area contributed by atoms with Crippen molar-refractivity contribution in [3.05, 3.63) is 118 Å². The number of carbonyl (C=O) groups is 4. The van der Waals surface area contributed by atoms with E-state index >= 15 is 17.6 Å². The second kappa shape index (κ2) is 24.7. The summed E-state index contributed by atoms with van der Waals surface area (Å²) in [6, 6.07) is 9.09. The molecule has 6 aromatic rings. The molecule has 0 spiro atoms. The molecule has 83 heavy (non-hydrogen) atoms. The van der Waals surface area contributed by atoms with Gasteiger partial charge in [0.15, 0.2) is 11.6 Å². The third kappa shape index (κ3) is 11.6. The Labute approximate surface area is 478 Å². The fraction of sp³-hybridized carbons (Fsp3) is 0.500. The van der Waals surface area contributed by atoms with Crippen LogP contribution < -0.4 is 20.4 Å². The van der Waals surface area contributed by atoms with Gasteiger partial charge in [-0.25, -0.2) is 41.5 Å². The highest BCUT2D eigenvalue weighted by Crippen LogP contribution is 2.50. The Kier molecular flexibility index (Phi) is 17.5. The molecule has 4 aromatic carbocycles. The van der Waals surface area contributed by atoms with Gasteiger partial charge >= 0.3 is 12.1 Å². The maximum Gasteiger partial charge on any atom is 0.407 e. The molecule has 4 N–H and O–H groups in total. The van der Waals surface area contributed by atoms with Crippen LogP contribution in [0.1, 0.15) is 137 Å². The third-order valence-corrected chi connectivity index (χ3v) is 17.5. The van der Waals surface area contributed by atoms with Crippen LogP contribution in [0.15, 0.2) is 60.7 Å². The number of benzene rings is 4. The zero-order chi connectivity index (χ0) is 59.0. The lowest BCUT2D eigenvalue weighted by Gasteiger charge is -2.36. The van der Waals surface area contributed by atoms with Crippen LogP contribution in [0.4, 0.5) is 42.9 Å². The first-order valence-corrected chi connectivity index (χ1v) is 28.7. The maximum absolute atomic E-state index is 17.1. The number of halogens is 5. The van der Waals surface area contributed by atoms with E-state index in [9.17, 15) is 23.6 Å². The van der Waals surface area contributed by atoms with Crippen molar-refractivity contribution in [1.29, 1.82) is 0 Å². The van der Waals surface area contributed by atoms with E-state index < -0.39 is 89.8 Å². The minimum atomic E-state index is -1.08. The molecule has 2 aromatic heterocycles. The SMILES string of the molecule is CCN(CC)C(=O)N[C@H](C(=O)N1CCC[C@H]1c1nc2cc(F)c([C@H]3CC[C@H](c4cc5[nH]c([C@@H]6CCCN6C(=O)[C@@H](NC(=O)OC)[C@@H](C)OC)nc5cc4F)N3c3cc(F)c(N4CCC(c5ccc(F)cc5)CC4)c(F)c3)cc2[nH]1)[C@@H](C)OC. The van der Waals surface area contributed by atoms with Crippen molar-refractivity contribution >= 4 is 57.4 Å². The Morgan fingerprint density at radius 3 is 1.57 bits per heavy atom. The topological polar surface area (TPSA) is 194 Å². The summed E-state index contributed by atoms with van der Waals surface area (Å²) in [5.74, 6) is -3.28. The highest BCUT2D eigenvalue weighted by Gasteiger charge is 2.43. The van der Waals surface area contributed by atoms with Gasteiger partial charge in [0.1, 0.15) is 46.9 Å². The molecule has 23 heteroatoms. The van der Waals surface area contributed by atoms with Crippen LogP contribution in [-0.2, 0) is 23.8 Å². The van der Waals surface area contributed by atoms with Gasteiger partial charge in [0.25, 0.3) is 0 Å². The Hall–Kier alpha value is -7.53. The number of hydrogen-bond acceptors (Lipinski definition) is 11. The number of nitrogens with zero attached hydrogens (tertiary/aromatic N) is 7. The predicted molar refractivity (Wildman–Crippen MR) is 301 cm³/mol. The summed E-state index contributed by atoms with van der Waals surface area (Å²) in [5.41, 5.74) is 2.52. The molecule has 0 saturated carbocycles. The van der Waals surface area contributed by atoms with Crippen molar-refractivity contribution in [1.82, 2.24) is 45.3 Å². The second-order valence-corrected chi connectivity index (χ2v) is 22.1. The first kappa shape index (κ1) is 58.7. The average molecular weight is 1150 g/mol. The molecule has 0 unspecified atom stereocenters. The molecule has 4 aliphatic rings. The number of imidazole rings is 2. The van der Waals surface area contributed by atoms with Gasteiger partial charge in [-0.2, -0.15) is 0 Å². The van der Waals surface area contributed by atoms with Crippen LogP contribution >= 0.6 is 0 Å². The highest BCUT2D eigenvalue weighted by atomic mass is 19.1. The van der Waals surface area contributed by atoms with Crippen molar-refractivity contribution in [3.8, 4) is 0 Å². The molecular formula is C60H72F5N11O7. The normalized spacial score (nSPS) is 21.0. The number of alkyl carbamates (subject to hydrolysis) is 1. The third-order valence-electron chi connectivity index (χ3n) is 17.5. The van der Waals surface area contributed by atoms with Crippen LogP contribution in [0.5, 0.6) is 0 Å². The van der Waals surface area contributed by atoms with E-state index in [0.717, 1.165) is 5.56 Å². The van der Waals surface area contributed by atoms with Crippen LogP contribution in [0.3, 0.4) is 0 Å². The Bertz CT molecular complexity index is 3330. The van der Waals surface area contributed by atoms with E-state index in [1.165, 1.54) is 57.7 Å². The number of hydrogen-bond donors (Lipinski definition) is 4. The monoisotopic (exact) mass is 1150 g/mol. The Morgan fingerprint density at radius 1 is 0.627 bits per heavy atom. The fourth-order valence-electron chi connectivity index (χ4n) is 12.9. The van der Waals surface area contributed by atoms with E-state index in [-0.39, 0.29) is 64.0 Å². The number of fused-ring (bicyclic) bond motifs is 2. The largest absolute Gasteiger partial charge is 0.453 e. The minimum absolute atomic E-state index is 0.0561. The molecule has 4 saturated heterocycles. The zero-order valence-electron chi connectivity index (χ0n) is 47.7. The summed E-state index contributed by atoms with van der Waals surface area (Å²) in [5, 5.41) is 5.45. The van der Waals surface area contributed by atoms with Crippen molar-refractivity contribution in [2.75, 3.05) is 70.4 Å². The molecule has 4 fully saturated rings. The summed E-state index contributed by atoms with van der Waals surface area (Å²) in [6.07, 6.45) is 1.71. The summed E-state index contributed by atoms with van der Waals surface area (Å²) in [6.45, 7) is 9.32. The number of urea groups is 1. The smallest absolute Gasteiger partial charge is 0.407 e. The number of nitrogens with one attached hydrogen (secondary N) is 4. The number of methoxy groups -OCH3 is 3. The first-order valence-electron chi connectivity index (χ1n) is 28.7.